The van der Waals surface area contributed by atoms with E-state index in [4.69, 9.17) is 4.52 Å². The van der Waals surface area contributed by atoms with Gasteiger partial charge in [-0.05, 0) is 18.6 Å². The molecule has 0 saturated carbocycles. The number of hydrogen-bond acceptors (Lipinski definition) is 6. The van der Waals surface area contributed by atoms with Crippen molar-refractivity contribution in [1.82, 2.24) is 15.5 Å². The number of non-ortho nitro benzene ring substituents is 1. The second-order valence-corrected chi connectivity index (χ2v) is 3.91. The van der Waals surface area contributed by atoms with E-state index in [-0.39, 0.29) is 12.2 Å². The highest BCUT2D eigenvalue weighted by Crippen LogP contribution is 2.16. The summed E-state index contributed by atoms with van der Waals surface area (Å²) in [5, 5.41) is 17.1. The van der Waals surface area contributed by atoms with Crippen molar-refractivity contribution >= 4 is 5.69 Å². The van der Waals surface area contributed by atoms with Gasteiger partial charge in [0.05, 0.1) is 17.5 Å². The summed E-state index contributed by atoms with van der Waals surface area (Å²) in [7, 11) is 0. The second-order valence-electron chi connectivity index (χ2n) is 3.91. The zero-order valence-electron chi connectivity index (χ0n) is 10.1. The number of aryl methyl sites for hydroxylation is 1. The molecule has 0 aliphatic carbocycles. The molecule has 0 amide bonds. The van der Waals surface area contributed by atoms with E-state index >= 15 is 0 Å². The molecule has 1 N–H and O–H groups in total. The summed E-state index contributed by atoms with van der Waals surface area (Å²) < 4.78 is 18.1. The van der Waals surface area contributed by atoms with E-state index in [1.54, 1.807) is 6.92 Å². The number of nitrogens with zero attached hydrogens (tertiary/aromatic N) is 3. The fraction of sp³-hybridized carbons (Fsp3) is 0.273. The van der Waals surface area contributed by atoms with Crippen LogP contribution in [0.1, 0.15) is 17.3 Å². The molecule has 0 spiro atoms. The number of halogens is 1. The van der Waals surface area contributed by atoms with E-state index in [1.807, 2.05) is 0 Å². The maximum absolute atomic E-state index is 13.2. The van der Waals surface area contributed by atoms with Crippen molar-refractivity contribution < 1.29 is 13.8 Å². The van der Waals surface area contributed by atoms with Crippen LogP contribution < -0.4 is 5.32 Å². The molecular formula is C11H11FN4O3. The standard InChI is InChI=1S/C11H11FN4O3/c1-7-14-11(19-15-7)6-13-5-8-2-9(12)4-10(3-8)16(17)18/h2-4,13H,5-6H2,1H3. The molecule has 100 valence electrons. The molecule has 0 unspecified atom stereocenters. The lowest BCUT2D eigenvalue weighted by molar-refractivity contribution is -0.385. The number of benzene rings is 1. The van der Waals surface area contributed by atoms with E-state index in [2.05, 4.69) is 15.5 Å². The zero-order chi connectivity index (χ0) is 13.8. The van der Waals surface area contributed by atoms with Crippen molar-refractivity contribution in [3.8, 4) is 0 Å². The third-order valence-electron chi connectivity index (χ3n) is 2.33. The largest absolute Gasteiger partial charge is 0.338 e. The minimum Gasteiger partial charge on any atom is -0.338 e. The maximum atomic E-state index is 13.2. The van der Waals surface area contributed by atoms with E-state index in [1.165, 1.54) is 12.1 Å². The third kappa shape index (κ3) is 3.55. The topological polar surface area (TPSA) is 94.1 Å². The minimum absolute atomic E-state index is 0.264. The fourth-order valence-corrected chi connectivity index (χ4v) is 1.57. The summed E-state index contributed by atoms with van der Waals surface area (Å²) in [4.78, 5) is 13.9. The van der Waals surface area contributed by atoms with Gasteiger partial charge in [0.2, 0.25) is 5.89 Å². The first-order valence-corrected chi connectivity index (χ1v) is 5.48. The first-order valence-electron chi connectivity index (χ1n) is 5.48. The summed E-state index contributed by atoms with van der Waals surface area (Å²) in [5.74, 6) is 0.293. The van der Waals surface area contributed by atoms with Crippen molar-refractivity contribution in [2.24, 2.45) is 0 Å². The molecule has 0 bridgehead atoms. The van der Waals surface area contributed by atoms with Gasteiger partial charge in [-0.2, -0.15) is 4.98 Å². The first kappa shape index (κ1) is 13.1. The van der Waals surface area contributed by atoms with E-state index < -0.39 is 10.7 Å². The van der Waals surface area contributed by atoms with E-state index in [9.17, 15) is 14.5 Å². The van der Waals surface area contributed by atoms with Crippen molar-refractivity contribution in [2.75, 3.05) is 0 Å². The third-order valence-corrected chi connectivity index (χ3v) is 2.33. The van der Waals surface area contributed by atoms with Crippen LogP contribution in [0.4, 0.5) is 10.1 Å². The van der Waals surface area contributed by atoms with Crippen LogP contribution in [0.3, 0.4) is 0 Å². The lowest BCUT2D eigenvalue weighted by Gasteiger charge is -2.02. The number of rotatable bonds is 5. The van der Waals surface area contributed by atoms with Gasteiger partial charge in [-0.15, -0.1) is 0 Å². The molecule has 0 fully saturated rings. The molecule has 2 rings (SSSR count). The Morgan fingerprint density at radius 3 is 2.84 bits per heavy atom. The Hall–Kier alpha value is -2.35. The lowest BCUT2D eigenvalue weighted by atomic mass is 10.2. The van der Waals surface area contributed by atoms with Crippen molar-refractivity contribution in [3.05, 3.63) is 51.4 Å². The highest BCUT2D eigenvalue weighted by molar-refractivity contribution is 5.35. The van der Waals surface area contributed by atoms with Crippen molar-refractivity contribution in [3.63, 3.8) is 0 Å². The summed E-state index contributed by atoms with van der Waals surface area (Å²) in [6, 6.07) is 3.43. The molecule has 0 saturated heterocycles. The molecule has 0 aliphatic heterocycles. The smallest absolute Gasteiger partial charge is 0.272 e. The number of nitrogens with one attached hydrogen (secondary N) is 1. The molecular weight excluding hydrogens is 255 g/mol. The molecule has 1 heterocycles. The fourth-order valence-electron chi connectivity index (χ4n) is 1.57. The second kappa shape index (κ2) is 5.53. The van der Waals surface area contributed by atoms with Crippen LogP contribution in [-0.4, -0.2) is 15.1 Å². The number of nitro benzene ring substituents is 1. The van der Waals surface area contributed by atoms with E-state index in [0.29, 0.717) is 23.8 Å². The van der Waals surface area contributed by atoms with Gasteiger partial charge < -0.3 is 9.84 Å². The molecule has 2 aromatic rings. The predicted molar refractivity (Wildman–Crippen MR) is 62.6 cm³/mol. The molecule has 7 nitrogen and oxygen atoms in total. The summed E-state index contributed by atoms with van der Waals surface area (Å²) in [5.41, 5.74) is 0.202. The molecule has 1 aromatic carbocycles. The van der Waals surface area contributed by atoms with Crippen molar-refractivity contribution in [1.29, 1.82) is 0 Å². The molecule has 19 heavy (non-hydrogen) atoms. The molecule has 1 aromatic heterocycles. The summed E-state index contributed by atoms with van der Waals surface area (Å²) in [6.07, 6.45) is 0. The number of hydrogen-bond donors (Lipinski definition) is 1. The Balaban J connectivity index is 1.97. The summed E-state index contributed by atoms with van der Waals surface area (Å²) in [6.45, 7) is 2.27. The Bertz CT molecular complexity index is 599. The normalized spacial score (nSPS) is 10.6. The van der Waals surface area contributed by atoms with Crippen LogP contribution in [0.15, 0.2) is 22.7 Å². The van der Waals surface area contributed by atoms with Crippen LogP contribution in [-0.2, 0) is 13.1 Å². The van der Waals surface area contributed by atoms with E-state index in [0.717, 1.165) is 6.07 Å². The van der Waals surface area contributed by atoms with Gasteiger partial charge in [0.25, 0.3) is 5.69 Å². The van der Waals surface area contributed by atoms with Gasteiger partial charge in [0, 0.05) is 12.6 Å². The van der Waals surface area contributed by atoms with Crippen LogP contribution in [0.5, 0.6) is 0 Å². The Kier molecular flexibility index (Phi) is 3.81. The van der Waals surface area contributed by atoms with Gasteiger partial charge in [-0.3, -0.25) is 10.1 Å². The van der Waals surface area contributed by atoms with Gasteiger partial charge in [0.1, 0.15) is 5.82 Å². The molecule has 8 heteroatoms. The Morgan fingerprint density at radius 1 is 1.42 bits per heavy atom. The van der Waals surface area contributed by atoms with Crippen LogP contribution in [0.2, 0.25) is 0 Å². The molecule has 0 aliphatic rings. The number of nitro groups is 1. The molecule has 0 atom stereocenters. The molecule has 0 radical (unpaired) electrons. The van der Waals surface area contributed by atoms with Crippen LogP contribution in [0.25, 0.3) is 0 Å². The van der Waals surface area contributed by atoms with Gasteiger partial charge in [-0.25, -0.2) is 4.39 Å². The van der Waals surface area contributed by atoms with Crippen LogP contribution >= 0.6 is 0 Å². The van der Waals surface area contributed by atoms with Crippen molar-refractivity contribution in [2.45, 2.75) is 20.0 Å². The summed E-state index contributed by atoms with van der Waals surface area (Å²) >= 11 is 0. The van der Waals surface area contributed by atoms with Gasteiger partial charge in [-0.1, -0.05) is 5.16 Å². The van der Waals surface area contributed by atoms with Gasteiger partial charge >= 0.3 is 0 Å². The minimum atomic E-state index is -0.639. The average Bonchev–Trinajstić information content (AvgIpc) is 2.74. The zero-order valence-corrected chi connectivity index (χ0v) is 10.1. The maximum Gasteiger partial charge on any atom is 0.272 e. The highest BCUT2D eigenvalue weighted by atomic mass is 19.1. The highest BCUT2D eigenvalue weighted by Gasteiger charge is 2.10. The monoisotopic (exact) mass is 266 g/mol. The Labute approximate surface area is 107 Å². The first-order chi connectivity index (χ1) is 9.04. The lowest BCUT2D eigenvalue weighted by Crippen LogP contribution is -2.13. The van der Waals surface area contributed by atoms with Crippen LogP contribution in [0, 0.1) is 22.9 Å². The SMILES string of the molecule is Cc1noc(CNCc2cc(F)cc([N+](=O)[O-])c2)n1. The Morgan fingerprint density at radius 2 is 2.21 bits per heavy atom. The number of aromatic nitrogens is 2. The quantitative estimate of drug-likeness (QED) is 0.654. The average molecular weight is 266 g/mol. The van der Waals surface area contributed by atoms with Gasteiger partial charge in [0.15, 0.2) is 5.82 Å². The predicted octanol–water partition coefficient (Wildman–Crippen LogP) is 1.72.